The first-order chi connectivity index (χ1) is 16.4. The molecular formula is C27H25NO5S. The van der Waals surface area contributed by atoms with Gasteiger partial charge in [-0.05, 0) is 80.4 Å². The van der Waals surface area contributed by atoms with Gasteiger partial charge in [-0.3, -0.25) is 0 Å². The molecule has 0 unspecified atom stereocenters. The van der Waals surface area contributed by atoms with E-state index in [-0.39, 0.29) is 6.61 Å². The summed E-state index contributed by atoms with van der Waals surface area (Å²) in [6.45, 7) is 5.78. The molecule has 0 amide bonds. The number of rotatable bonds is 9. The number of nitrogens with zero attached hydrogens (tertiary/aromatic N) is 1. The molecule has 3 aromatic carbocycles. The number of benzene rings is 3. The first-order valence-corrected chi connectivity index (χ1v) is 11.6. The van der Waals surface area contributed by atoms with Crippen molar-refractivity contribution in [3.05, 3.63) is 89.3 Å². The van der Waals surface area contributed by atoms with Gasteiger partial charge in [0.15, 0.2) is 12.4 Å². The maximum atomic E-state index is 10.7. The highest BCUT2D eigenvalue weighted by molar-refractivity contribution is 7.99. The highest BCUT2D eigenvalue weighted by atomic mass is 32.2. The van der Waals surface area contributed by atoms with Crippen molar-refractivity contribution in [2.45, 2.75) is 37.2 Å². The molecule has 6 nitrogen and oxygen atoms in total. The van der Waals surface area contributed by atoms with Gasteiger partial charge >= 0.3 is 5.97 Å². The average molecular weight is 476 g/mol. The van der Waals surface area contributed by atoms with Crippen LogP contribution < -0.4 is 9.47 Å². The molecule has 0 aliphatic carbocycles. The van der Waals surface area contributed by atoms with Crippen LogP contribution in [0.25, 0.3) is 11.5 Å². The highest BCUT2D eigenvalue weighted by Gasteiger charge is 2.13. The van der Waals surface area contributed by atoms with Gasteiger partial charge in [0.05, 0.1) is 5.69 Å². The van der Waals surface area contributed by atoms with Gasteiger partial charge in [-0.25, -0.2) is 9.78 Å². The van der Waals surface area contributed by atoms with E-state index < -0.39 is 5.97 Å². The summed E-state index contributed by atoms with van der Waals surface area (Å²) in [5.74, 6) is 1.66. The Bertz CT molecular complexity index is 1300. The van der Waals surface area contributed by atoms with E-state index >= 15 is 0 Å². The van der Waals surface area contributed by atoms with Crippen LogP contribution in [0, 0.1) is 20.8 Å². The van der Waals surface area contributed by atoms with Crippen LogP contribution in [-0.2, 0) is 11.4 Å². The fraction of sp³-hybridized carbons (Fsp3) is 0.185. The fourth-order valence-corrected chi connectivity index (χ4v) is 4.40. The van der Waals surface area contributed by atoms with Crippen LogP contribution in [0.15, 0.2) is 80.9 Å². The Morgan fingerprint density at radius 3 is 2.12 bits per heavy atom. The fourth-order valence-electron chi connectivity index (χ4n) is 3.38. The summed E-state index contributed by atoms with van der Waals surface area (Å²) in [5, 5.41) is 8.78. The molecule has 0 saturated heterocycles. The minimum absolute atomic E-state index is 0.302. The molecule has 0 fully saturated rings. The van der Waals surface area contributed by atoms with Crippen molar-refractivity contribution >= 4 is 17.7 Å². The van der Waals surface area contributed by atoms with Gasteiger partial charge in [-0.15, -0.1) is 0 Å². The van der Waals surface area contributed by atoms with Crippen LogP contribution in [0.3, 0.4) is 0 Å². The Balaban J connectivity index is 1.40. The molecule has 0 saturated carbocycles. The first kappa shape index (κ1) is 23.4. The standard InChI is InChI=1S/C27H25NO5S/c1-17-13-21(34-22-10-12-24(18(2)14-22)32-16-26(29)30)9-11-23(17)31-15-25-19(3)28-27(33-25)20-7-5-4-6-8-20/h4-14H,15-16H2,1-3H3,(H,29,30). The number of carboxylic acids is 1. The number of aliphatic carboxylic acids is 1. The molecule has 0 aliphatic heterocycles. The normalized spacial score (nSPS) is 10.8. The molecule has 0 spiro atoms. The molecule has 1 heterocycles. The topological polar surface area (TPSA) is 81.8 Å². The van der Waals surface area contributed by atoms with Gasteiger partial charge in [0.25, 0.3) is 0 Å². The second kappa shape index (κ2) is 10.5. The van der Waals surface area contributed by atoms with Gasteiger partial charge in [0.1, 0.15) is 18.1 Å². The first-order valence-electron chi connectivity index (χ1n) is 10.8. The summed E-state index contributed by atoms with van der Waals surface area (Å²) >= 11 is 1.62. The minimum Gasteiger partial charge on any atom is -0.485 e. The SMILES string of the molecule is Cc1cc(Sc2ccc(OCc3oc(-c4ccccc4)nc3C)c(C)c2)ccc1OCC(=O)O. The van der Waals surface area contributed by atoms with E-state index in [1.165, 1.54) is 0 Å². The summed E-state index contributed by atoms with van der Waals surface area (Å²) in [6.07, 6.45) is 0. The minimum atomic E-state index is -0.995. The number of oxazole rings is 1. The molecule has 174 valence electrons. The molecule has 34 heavy (non-hydrogen) atoms. The lowest BCUT2D eigenvalue weighted by Crippen LogP contribution is -2.09. The number of hydrogen-bond donors (Lipinski definition) is 1. The van der Waals surface area contributed by atoms with E-state index in [2.05, 4.69) is 11.1 Å². The number of ether oxygens (including phenoxy) is 2. The molecule has 1 aromatic heterocycles. The molecular weight excluding hydrogens is 450 g/mol. The zero-order valence-corrected chi connectivity index (χ0v) is 20.0. The molecule has 0 atom stereocenters. The van der Waals surface area contributed by atoms with Gasteiger partial charge in [0, 0.05) is 15.4 Å². The van der Waals surface area contributed by atoms with E-state index in [0.29, 0.717) is 24.0 Å². The Kier molecular flexibility index (Phi) is 7.23. The summed E-state index contributed by atoms with van der Waals surface area (Å²) in [7, 11) is 0. The Labute approximate surface area is 202 Å². The van der Waals surface area contributed by atoms with E-state index in [9.17, 15) is 4.79 Å². The number of hydrogen-bond acceptors (Lipinski definition) is 6. The third kappa shape index (κ3) is 5.80. The van der Waals surface area contributed by atoms with Crippen molar-refractivity contribution in [2.24, 2.45) is 0 Å². The van der Waals surface area contributed by atoms with Gasteiger partial charge in [-0.2, -0.15) is 0 Å². The van der Waals surface area contributed by atoms with Crippen LogP contribution in [0.4, 0.5) is 0 Å². The lowest BCUT2D eigenvalue weighted by molar-refractivity contribution is -0.139. The van der Waals surface area contributed by atoms with Crippen molar-refractivity contribution in [1.29, 1.82) is 0 Å². The molecule has 4 rings (SSSR count). The van der Waals surface area contributed by atoms with Gasteiger partial charge < -0.3 is 19.0 Å². The molecule has 0 bridgehead atoms. The van der Waals surface area contributed by atoms with Crippen LogP contribution in [0.2, 0.25) is 0 Å². The van der Waals surface area contributed by atoms with Gasteiger partial charge in [0.2, 0.25) is 5.89 Å². The predicted octanol–water partition coefficient (Wildman–Crippen LogP) is 6.46. The monoisotopic (exact) mass is 475 g/mol. The number of aryl methyl sites for hydroxylation is 3. The van der Waals surface area contributed by atoms with Crippen molar-refractivity contribution < 1.29 is 23.8 Å². The third-order valence-electron chi connectivity index (χ3n) is 5.15. The Morgan fingerprint density at radius 1 is 0.912 bits per heavy atom. The second-order valence-corrected chi connectivity index (χ2v) is 8.97. The highest BCUT2D eigenvalue weighted by Crippen LogP contribution is 2.34. The summed E-state index contributed by atoms with van der Waals surface area (Å²) in [5.41, 5.74) is 3.66. The van der Waals surface area contributed by atoms with Crippen LogP contribution >= 0.6 is 11.8 Å². The summed E-state index contributed by atoms with van der Waals surface area (Å²) in [6, 6.07) is 21.6. The number of carboxylic acid groups (broad SMARTS) is 1. The molecule has 4 aromatic rings. The van der Waals surface area contributed by atoms with Crippen LogP contribution in [0.5, 0.6) is 11.5 Å². The summed E-state index contributed by atoms with van der Waals surface area (Å²) < 4.78 is 17.3. The molecule has 7 heteroatoms. The average Bonchev–Trinajstić information content (AvgIpc) is 3.19. The molecule has 0 aliphatic rings. The summed E-state index contributed by atoms with van der Waals surface area (Å²) in [4.78, 5) is 17.3. The van der Waals surface area contributed by atoms with Crippen LogP contribution in [0.1, 0.15) is 22.6 Å². The van der Waals surface area contributed by atoms with Crippen molar-refractivity contribution in [3.63, 3.8) is 0 Å². The molecule has 1 N–H and O–H groups in total. The number of carbonyl (C=O) groups is 1. The van der Waals surface area contributed by atoms with Crippen LogP contribution in [-0.4, -0.2) is 22.7 Å². The second-order valence-electron chi connectivity index (χ2n) is 7.82. The van der Waals surface area contributed by atoms with E-state index in [4.69, 9.17) is 19.0 Å². The zero-order valence-electron chi connectivity index (χ0n) is 19.2. The largest absolute Gasteiger partial charge is 0.485 e. The van der Waals surface area contributed by atoms with E-state index in [1.54, 1.807) is 17.8 Å². The lowest BCUT2D eigenvalue weighted by Gasteiger charge is -2.11. The predicted molar refractivity (Wildman–Crippen MR) is 131 cm³/mol. The van der Waals surface area contributed by atoms with E-state index in [1.807, 2.05) is 75.4 Å². The smallest absolute Gasteiger partial charge is 0.341 e. The third-order valence-corrected chi connectivity index (χ3v) is 6.13. The van der Waals surface area contributed by atoms with Crippen molar-refractivity contribution in [3.8, 4) is 23.0 Å². The van der Waals surface area contributed by atoms with Crippen molar-refractivity contribution in [2.75, 3.05) is 6.61 Å². The van der Waals surface area contributed by atoms with E-state index in [0.717, 1.165) is 37.9 Å². The van der Waals surface area contributed by atoms with Gasteiger partial charge in [-0.1, -0.05) is 30.0 Å². The lowest BCUT2D eigenvalue weighted by atomic mass is 10.2. The molecule has 0 radical (unpaired) electrons. The Hall–Kier alpha value is -3.71. The maximum absolute atomic E-state index is 10.7. The maximum Gasteiger partial charge on any atom is 0.341 e. The Morgan fingerprint density at radius 2 is 1.53 bits per heavy atom. The quantitative estimate of drug-likeness (QED) is 0.297. The number of aromatic nitrogens is 1. The van der Waals surface area contributed by atoms with Crippen molar-refractivity contribution in [1.82, 2.24) is 4.98 Å². The zero-order chi connectivity index (χ0) is 24.1.